The molecule has 0 unspecified atom stereocenters. The van der Waals surface area contributed by atoms with Crippen molar-refractivity contribution in [3.05, 3.63) is 35.4 Å². The largest absolute Gasteiger partial charge is 0.300 e. The fourth-order valence-corrected chi connectivity index (χ4v) is 2.48. The van der Waals surface area contributed by atoms with Crippen LogP contribution < -0.4 is 0 Å². The summed E-state index contributed by atoms with van der Waals surface area (Å²) in [4.78, 5) is 16.6. The number of aryl methyl sites for hydroxylation is 1. The molecule has 0 spiro atoms. The number of carbonyl (C=O) groups excluding carboxylic acids is 1. The minimum atomic E-state index is 0.194. The summed E-state index contributed by atoms with van der Waals surface area (Å²) < 4.78 is 0. The minimum Gasteiger partial charge on any atom is -0.300 e. The molecule has 23 heavy (non-hydrogen) atoms. The zero-order chi connectivity index (χ0) is 16.9. The number of Topliss-reactive ketones (excluding diaryl/α,β-unsaturated/α-hetero) is 1. The molecule has 1 aromatic rings. The van der Waals surface area contributed by atoms with E-state index in [2.05, 4.69) is 31.2 Å². The number of nitrogens with zero attached hydrogens (tertiary/aromatic N) is 1. The molecule has 0 saturated carbocycles. The summed E-state index contributed by atoms with van der Waals surface area (Å²) in [6.45, 7) is 5.07. The Balaban J connectivity index is 2.18. The molecule has 0 fully saturated rings. The summed E-state index contributed by atoms with van der Waals surface area (Å²) >= 11 is 0. The number of unbranched alkanes of at least 4 members (excludes halogenated alkanes) is 5. The van der Waals surface area contributed by atoms with E-state index in [4.69, 9.17) is 4.84 Å². The second-order valence-electron chi connectivity index (χ2n) is 6.41. The van der Waals surface area contributed by atoms with E-state index in [1.54, 1.807) is 12.0 Å². The van der Waals surface area contributed by atoms with Crippen molar-refractivity contribution in [3.63, 3.8) is 0 Å². The molecule has 0 amide bonds. The second-order valence-corrected chi connectivity index (χ2v) is 6.41. The van der Waals surface area contributed by atoms with E-state index in [1.807, 2.05) is 7.05 Å². The maximum Gasteiger partial charge on any atom is 0.131 e. The van der Waals surface area contributed by atoms with Gasteiger partial charge >= 0.3 is 0 Å². The Morgan fingerprint density at radius 2 is 1.61 bits per heavy atom. The van der Waals surface area contributed by atoms with Crippen LogP contribution in [-0.2, 0) is 22.7 Å². The molecule has 1 aromatic carbocycles. The molecule has 0 radical (unpaired) electrons. The van der Waals surface area contributed by atoms with Crippen LogP contribution in [0.3, 0.4) is 0 Å². The molecule has 0 saturated heterocycles. The van der Waals surface area contributed by atoms with Crippen LogP contribution in [0.5, 0.6) is 0 Å². The zero-order valence-electron chi connectivity index (χ0n) is 15.1. The molecule has 1 rings (SSSR count). The van der Waals surface area contributed by atoms with Gasteiger partial charge in [-0.15, -0.1) is 0 Å². The Labute approximate surface area is 142 Å². The Bertz CT molecular complexity index is 428. The van der Waals surface area contributed by atoms with Gasteiger partial charge in [-0.3, -0.25) is 9.63 Å². The highest BCUT2D eigenvalue weighted by molar-refractivity contribution is 5.75. The molecule has 3 heteroatoms. The normalized spacial score (nSPS) is 11.1. The molecule has 130 valence electrons. The van der Waals surface area contributed by atoms with Crippen LogP contribution in [0.15, 0.2) is 24.3 Å². The summed E-state index contributed by atoms with van der Waals surface area (Å²) in [5, 5.41) is 1.74. The predicted octanol–water partition coefficient (Wildman–Crippen LogP) is 4.93. The highest BCUT2D eigenvalue weighted by Crippen LogP contribution is 2.12. The molecule has 0 aromatic heterocycles. The van der Waals surface area contributed by atoms with Crippen molar-refractivity contribution in [2.24, 2.45) is 0 Å². The SMILES string of the molecule is CCCCCCCCc1ccc(CON(C)CCC(C)=O)cc1. The Kier molecular flexibility index (Phi) is 10.6. The predicted molar refractivity (Wildman–Crippen MR) is 96.2 cm³/mol. The first kappa shape index (κ1) is 19.9. The second kappa shape index (κ2) is 12.3. The number of carbonyl (C=O) groups is 1. The molecule has 0 aliphatic heterocycles. The van der Waals surface area contributed by atoms with Crippen LogP contribution in [0.1, 0.15) is 69.9 Å². The third-order valence-electron chi connectivity index (χ3n) is 4.07. The topological polar surface area (TPSA) is 29.5 Å². The van der Waals surface area contributed by atoms with Gasteiger partial charge in [0.05, 0.1) is 6.61 Å². The van der Waals surface area contributed by atoms with Crippen molar-refractivity contribution in [3.8, 4) is 0 Å². The van der Waals surface area contributed by atoms with Crippen molar-refractivity contribution in [1.29, 1.82) is 0 Å². The Morgan fingerprint density at radius 3 is 2.26 bits per heavy atom. The summed E-state index contributed by atoms with van der Waals surface area (Å²) in [6.07, 6.45) is 9.76. The average molecular weight is 319 g/mol. The standard InChI is InChI=1S/C20H33NO2/c1-4-5-6-7-8-9-10-19-11-13-20(14-12-19)17-23-21(3)16-15-18(2)22/h11-14H,4-10,15-17H2,1-3H3. The molecule has 0 N–H and O–H groups in total. The van der Waals surface area contributed by atoms with Gasteiger partial charge in [0.1, 0.15) is 5.78 Å². The van der Waals surface area contributed by atoms with Crippen molar-refractivity contribution in [2.75, 3.05) is 13.6 Å². The number of benzene rings is 1. The smallest absolute Gasteiger partial charge is 0.131 e. The van der Waals surface area contributed by atoms with Gasteiger partial charge in [-0.25, -0.2) is 0 Å². The van der Waals surface area contributed by atoms with E-state index in [1.165, 1.54) is 56.1 Å². The number of hydrogen-bond donors (Lipinski definition) is 0. The molecule has 0 heterocycles. The monoisotopic (exact) mass is 319 g/mol. The molecule has 0 bridgehead atoms. The van der Waals surface area contributed by atoms with Gasteiger partial charge in [-0.2, -0.15) is 5.06 Å². The van der Waals surface area contributed by atoms with Crippen molar-refractivity contribution in [2.45, 2.75) is 71.8 Å². The van der Waals surface area contributed by atoms with E-state index in [9.17, 15) is 4.79 Å². The third kappa shape index (κ3) is 10.2. The van der Waals surface area contributed by atoms with E-state index in [-0.39, 0.29) is 5.78 Å². The molecular formula is C20H33NO2. The van der Waals surface area contributed by atoms with Crippen LogP contribution in [0, 0.1) is 0 Å². The number of ketones is 1. The van der Waals surface area contributed by atoms with Gasteiger partial charge in [-0.1, -0.05) is 63.3 Å². The first-order valence-electron chi connectivity index (χ1n) is 9.03. The summed E-state index contributed by atoms with van der Waals surface area (Å²) in [5.41, 5.74) is 2.58. The fourth-order valence-electron chi connectivity index (χ4n) is 2.48. The third-order valence-corrected chi connectivity index (χ3v) is 4.07. The Hall–Kier alpha value is -1.19. The maximum atomic E-state index is 10.9. The van der Waals surface area contributed by atoms with Gasteiger partial charge in [0, 0.05) is 20.0 Å². The van der Waals surface area contributed by atoms with Crippen molar-refractivity contribution in [1.82, 2.24) is 5.06 Å². The average Bonchev–Trinajstić information content (AvgIpc) is 2.55. The minimum absolute atomic E-state index is 0.194. The number of hydroxylamine groups is 2. The van der Waals surface area contributed by atoms with Crippen molar-refractivity contribution >= 4 is 5.78 Å². The molecule has 0 aliphatic carbocycles. The van der Waals surface area contributed by atoms with Gasteiger partial charge in [0.25, 0.3) is 0 Å². The van der Waals surface area contributed by atoms with Crippen LogP contribution in [0.4, 0.5) is 0 Å². The maximum absolute atomic E-state index is 10.9. The lowest BCUT2D eigenvalue weighted by molar-refractivity contribution is -0.153. The van der Waals surface area contributed by atoms with E-state index >= 15 is 0 Å². The lowest BCUT2D eigenvalue weighted by atomic mass is 10.0. The van der Waals surface area contributed by atoms with E-state index < -0.39 is 0 Å². The highest BCUT2D eigenvalue weighted by atomic mass is 16.7. The van der Waals surface area contributed by atoms with Gasteiger partial charge in [-0.05, 0) is 30.9 Å². The Morgan fingerprint density at radius 1 is 1.00 bits per heavy atom. The molecular weight excluding hydrogens is 286 g/mol. The van der Waals surface area contributed by atoms with Crippen molar-refractivity contribution < 1.29 is 9.63 Å². The molecule has 3 nitrogen and oxygen atoms in total. The lowest BCUT2D eigenvalue weighted by Crippen LogP contribution is -2.21. The highest BCUT2D eigenvalue weighted by Gasteiger charge is 2.02. The number of rotatable bonds is 13. The number of hydrogen-bond acceptors (Lipinski definition) is 3. The lowest BCUT2D eigenvalue weighted by Gasteiger charge is -2.16. The van der Waals surface area contributed by atoms with E-state index in [0.29, 0.717) is 19.6 Å². The van der Waals surface area contributed by atoms with Gasteiger partial charge < -0.3 is 0 Å². The van der Waals surface area contributed by atoms with E-state index in [0.717, 1.165) is 0 Å². The van der Waals surface area contributed by atoms with Crippen LogP contribution >= 0.6 is 0 Å². The summed E-state index contributed by atoms with van der Waals surface area (Å²) in [7, 11) is 1.87. The fraction of sp³-hybridized carbons (Fsp3) is 0.650. The zero-order valence-corrected chi connectivity index (χ0v) is 15.1. The first-order valence-corrected chi connectivity index (χ1v) is 9.03. The van der Waals surface area contributed by atoms with Crippen LogP contribution in [0.25, 0.3) is 0 Å². The molecule has 0 atom stereocenters. The first-order chi connectivity index (χ1) is 11.1. The van der Waals surface area contributed by atoms with Crippen LogP contribution in [-0.4, -0.2) is 24.4 Å². The summed E-state index contributed by atoms with van der Waals surface area (Å²) in [6, 6.07) is 8.71. The molecule has 0 aliphatic rings. The van der Waals surface area contributed by atoms with Crippen LogP contribution in [0.2, 0.25) is 0 Å². The van der Waals surface area contributed by atoms with Gasteiger partial charge in [0.15, 0.2) is 0 Å². The quantitative estimate of drug-likeness (QED) is 0.381. The summed E-state index contributed by atoms with van der Waals surface area (Å²) in [5.74, 6) is 0.194. The van der Waals surface area contributed by atoms with Gasteiger partial charge in [0.2, 0.25) is 0 Å².